The molecule has 0 amide bonds. The minimum Gasteiger partial charge on any atom is -0.304 e. The fraction of sp³-hybridized carbons (Fsp3) is 0.429. The Morgan fingerprint density at radius 3 is 3.45 bits per heavy atom. The molecule has 2 heterocycles. The molecule has 0 saturated heterocycles. The molecule has 0 bridgehead atoms. The minimum absolute atomic E-state index is 0.686. The molecule has 11 heavy (non-hydrogen) atoms. The third kappa shape index (κ3) is 0.944. The van der Waals surface area contributed by atoms with Crippen LogP contribution in [0.25, 0.3) is 0 Å². The zero-order chi connectivity index (χ0) is 7.68. The van der Waals surface area contributed by atoms with Crippen molar-refractivity contribution in [3.8, 4) is 6.19 Å². The van der Waals surface area contributed by atoms with Gasteiger partial charge in [0.2, 0.25) is 0 Å². The second-order valence-electron chi connectivity index (χ2n) is 2.65. The highest BCUT2D eigenvalue weighted by Crippen LogP contribution is 2.14. The third-order valence-electron chi connectivity index (χ3n) is 1.95. The largest absolute Gasteiger partial charge is 0.304 e. The number of hydrogen-bond donors (Lipinski definition) is 1. The SMILES string of the molecule is N#CN1CCc2cn[nH]c2C1. The number of hydrogen-bond acceptors (Lipinski definition) is 3. The van der Waals surface area contributed by atoms with Crippen molar-refractivity contribution in [3.05, 3.63) is 17.5 Å². The van der Waals surface area contributed by atoms with E-state index in [4.69, 9.17) is 5.26 Å². The summed E-state index contributed by atoms with van der Waals surface area (Å²) in [6.45, 7) is 1.51. The first-order valence-corrected chi connectivity index (χ1v) is 3.56. The van der Waals surface area contributed by atoms with Crippen LogP contribution in [-0.4, -0.2) is 21.6 Å². The predicted octanol–water partition coefficient (Wildman–Crippen LogP) is 0.249. The molecule has 1 aliphatic rings. The van der Waals surface area contributed by atoms with Crippen LogP contribution in [0, 0.1) is 11.5 Å². The Morgan fingerprint density at radius 2 is 2.64 bits per heavy atom. The van der Waals surface area contributed by atoms with E-state index >= 15 is 0 Å². The van der Waals surface area contributed by atoms with Crippen LogP contribution in [0.3, 0.4) is 0 Å². The average Bonchev–Trinajstić information content (AvgIpc) is 2.50. The maximum atomic E-state index is 8.60. The monoisotopic (exact) mass is 148 g/mol. The van der Waals surface area contributed by atoms with Gasteiger partial charge in [-0.1, -0.05) is 0 Å². The molecule has 56 valence electrons. The van der Waals surface area contributed by atoms with Gasteiger partial charge in [-0.15, -0.1) is 0 Å². The number of rotatable bonds is 0. The van der Waals surface area contributed by atoms with Gasteiger partial charge < -0.3 is 4.90 Å². The van der Waals surface area contributed by atoms with Crippen LogP contribution >= 0.6 is 0 Å². The Labute approximate surface area is 64.4 Å². The topological polar surface area (TPSA) is 55.7 Å². The summed E-state index contributed by atoms with van der Waals surface area (Å²) >= 11 is 0. The Hall–Kier alpha value is -1.50. The van der Waals surface area contributed by atoms with Gasteiger partial charge in [-0.2, -0.15) is 10.4 Å². The standard InChI is InChI=1S/C7H8N4/c8-5-11-2-1-6-3-9-10-7(6)4-11/h3H,1-2,4H2,(H,9,10). The number of nitrogens with zero attached hydrogens (tertiary/aromatic N) is 3. The molecule has 1 aliphatic heterocycles. The average molecular weight is 148 g/mol. The van der Waals surface area contributed by atoms with Crippen LogP contribution in [0.1, 0.15) is 11.3 Å². The molecule has 0 atom stereocenters. The zero-order valence-electron chi connectivity index (χ0n) is 6.04. The molecule has 1 aromatic rings. The fourth-order valence-corrected chi connectivity index (χ4v) is 1.30. The van der Waals surface area contributed by atoms with E-state index in [1.807, 2.05) is 6.20 Å². The number of fused-ring (bicyclic) bond motifs is 1. The van der Waals surface area contributed by atoms with Gasteiger partial charge in [-0.05, 0) is 12.0 Å². The van der Waals surface area contributed by atoms with Gasteiger partial charge >= 0.3 is 0 Å². The summed E-state index contributed by atoms with van der Waals surface area (Å²) in [5.74, 6) is 0. The summed E-state index contributed by atoms with van der Waals surface area (Å²) in [5, 5.41) is 15.4. The van der Waals surface area contributed by atoms with Gasteiger partial charge in [0.15, 0.2) is 6.19 Å². The highest BCUT2D eigenvalue weighted by Gasteiger charge is 2.15. The normalized spacial score (nSPS) is 15.7. The molecule has 0 aliphatic carbocycles. The van der Waals surface area contributed by atoms with Gasteiger partial charge in [-0.3, -0.25) is 5.10 Å². The molecular weight excluding hydrogens is 140 g/mol. The minimum atomic E-state index is 0.686. The maximum absolute atomic E-state index is 8.60. The van der Waals surface area contributed by atoms with E-state index in [1.54, 1.807) is 4.90 Å². The van der Waals surface area contributed by atoms with E-state index in [2.05, 4.69) is 16.4 Å². The second-order valence-corrected chi connectivity index (χ2v) is 2.65. The highest BCUT2D eigenvalue weighted by atomic mass is 15.2. The number of aromatic amines is 1. The van der Waals surface area contributed by atoms with Crippen LogP contribution < -0.4 is 0 Å². The fourth-order valence-electron chi connectivity index (χ4n) is 1.30. The van der Waals surface area contributed by atoms with Crippen molar-refractivity contribution < 1.29 is 0 Å². The first-order valence-electron chi connectivity index (χ1n) is 3.56. The molecule has 0 unspecified atom stereocenters. The van der Waals surface area contributed by atoms with Crippen LogP contribution in [0.2, 0.25) is 0 Å². The van der Waals surface area contributed by atoms with E-state index < -0.39 is 0 Å². The molecule has 1 aromatic heterocycles. The van der Waals surface area contributed by atoms with Crippen molar-refractivity contribution in [1.82, 2.24) is 15.1 Å². The summed E-state index contributed by atoms with van der Waals surface area (Å²) in [6, 6.07) is 0. The molecule has 4 nitrogen and oxygen atoms in total. The van der Waals surface area contributed by atoms with Crippen molar-refractivity contribution in [1.29, 1.82) is 5.26 Å². The van der Waals surface area contributed by atoms with Crippen LogP contribution in [0.15, 0.2) is 6.20 Å². The van der Waals surface area contributed by atoms with E-state index in [1.165, 1.54) is 5.56 Å². The quantitative estimate of drug-likeness (QED) is 0.536. The molecule has 0 spiro atoms. The first-order chi connectivity index (χ1) is 5.40. The summed E-state index contributed by atoms with van der Waals surface area (Å²) in [4.78, 5) is 1.72. The van der Waals surface area contributed by atoms with E-state index in [-0.39, 0.29) is 0 Å². The lowest BCUT2D eigenvalue weighted by Gasteiger charge is -2.19. The number of nitriles is 1. The summed E-state index contributed by atoms with van der Waals surface area (Å²) in [5.41, 5.74) is 2.33. The molecule has 0 aromatic carbocycles. The number of aromatic nitrogens is 2. The molecule has 0 fully saturated rings. The smallest absolute Gasteiger partial charge is 0.179 e. The highest BCUT2D eigenvalue weighted by molar-refractivity contribution is 5.19. The molecule has 0 radical (unpaired) electrons. The van der Waals surface area contributed by atoms with Gasteiger partial charge in [-0.25, -0.2) is 0 Å². The summed E-state index contributed by atoms with van der Waals surface area (Å²) in [6.07, 6.45) is 4.89. The third-order valence-corrected chi connectivity index (χ3v) is 1.95. The maximum Gasteiger partial charge on any atom is 0.179 e. The van der Waals surface area contributed by atoms with Crippen molar-refractivity contribution in [2.75, 3.05) is 6.54 Å². The Morgan fingerprint density at radius 1 is 1.73 bits per heavy atom. The number of nitrogens with one attached hydrogen (secondary N) is 1. The van der Waals surface area contributed by atoms with Crippen molar-refractivity contribution in [3.63, 3.8) is 0 Å². The predicted molar refractivity (Wildman–Crippen MR) is 38.3 cm³/mol. The first kappa shape index (κ1) is 6.23. The summed E-state index contributed by atoms with van der Waals surface area (Å²) < 4.78 is 0. The van der Waals surface area contributed by atoms with E-state index in [0.29, 0.717) is 6.54 Å². The van der Waals surface area contributed by atoms with Crippen LogP contribution in [0.5, 0.6) is 0 Å². The van der Waals surface area contributed by atoms with Gasteiger partial charge in [0.05, 0.1) is 18.4 Å². The molecule has 2 rings (SSSR count). The van der Waals surface area contributed by atoms with Crippen molar-refractivity contribution >= 4 is 0 Å². The molecule has 4 heteroatoms. The Bertz CT molecular complexity index is 296. The van der Waals surface area contributed by atoms with Gasteiger partial charge in [0, 0.05) is 6.54 Å². The lowest BCUT2D eigenvalue weighted by atomic mass is 10.1. The van der Waals surface area contributed by atoms with Crippen LogP contribution in [-0.2, 0) is 13.0 Å². The lowest BCUT2D eigenvalue weighted by Crippen LogP contribution is -2.25. The van der Waals surface area contributed by atoms with Gasteiger partial charge in [0.25, 0.3) is 0 Å². The van der Waals surface area contributed by atoms with Gasteiger partial charge in [0.1, 0.15) is 0 Å². The summed E-state index contributed by atoms with van der Waals surface area (Å²) in [7, 11) is 0. The van der Waals surface area contributed by atoms with E-state index in [9.17, 15) is 0 Å². The molecule has 0 saturated carbocycles. The zero-order valence-corrected chi connectivity index (χ0v) is 6.04. The number of H-pyrrole nitrogens is 1. The van der Waals surface area contributed by atoms with Crippen molar-refractivity contribution in [2.24, 2.45) is 0 Å². The van der Waals surface area contributed by atoms with Crippen LogP contribution in [0.4, 0.5) is 0 Å². The van der Waals surface area contributed by atoms with E-state index in [0.717, 1.165) is 18.7 Å². The van der Waals surface area contributed by atoms with Crippen molar-refractivity contribution in [2.45, 2.75) is 13.0 Å². The Kier molecular flexibility index (Phi) is 1.29. The molecular formula is C7H8N4. The lowest BCUT2D eigenvalue weighted by molar-refractivity contribution is 0.363. The molecule has 1 N–H and O–H groups in total. The second kappa shape index (κ2) is 2.27. The Balaban J connectivity index is 2.26.